The molecular weight excluding hydrogens is 326 g/mol. The van der Waals surface area contributed by atoms with Crippen LogP contribution in [0.3, 0.4) is 0 Å². The minimum Gasteiger partial charge on any atom is -0.306 e. The Morgan fingerprint density at radius 3 is 2.95 bits per heavy atom. The van der Waals surface area contributed by atoms with Gasteiger partial charge in [0, 0.05) is 19.0 Å². The highest BCUT2D eigenvalue weighted by molar-refractivity contribution is 9.10. The fraction of sp³-hybridized carbons (Fsp3) is 0.500. The summed E-state index contributed by atoms with van der Waals surface area (Å²) in [4.78, 5) is 8.64. The predicted molar refractivity (Wildman–Crippen MR) is 76.2 cm³/mol. The van der Waals surface area contributed by atoms with Crippen molar-refractivity contribution in [2.75, 3.05) is 0 Å². The van der Waals surface area contributed by atoms with Gasteiger partial charge in [0.25, 0.3) is 0 Å². The number of nitrogens with zero attached hydrogens (tertiary/aromatic N) is 5. The summed E-state index contributed by atoms with van der Waals surface area (Å²) < 4.78 is 3.03. The van der Waals surface area contributed by atoms with Crippen LogP contribution in [-0.2, 0) is 13.0 Å². The van der Waals surface area contributed by atoms with E-state index in [-0.39, 0.29) is 0 Å². The smallest absolute Gasteiger partial charge is 0.197 e. The lowest BCUT2D eigenvalue weighted by molar-refractivity contribution is 0.590. The molecule has 3 rings (SSSR count). The molecule has 0 spiro atoms. The van der Waals surface area contributed by atoms with E-state index in [1.54, 1.807) is 11.8 Å². The Bertz CT molecular complexity index is 578. The molecule has 0 radical (unpaired) electrons. The summed E-state index contributed by atoms with van der Waals surface area (Å²) in [5.74, 6) is 1.86. The van der Waals surface area contributed by atoms with Crippen LogP contribution in [0, 0.1) is 6.92 Å². The molecule has 0 bridgehead atoms. The van der Waals surface area contributed by atoms with Gasteiger partial charge in [0.1, 0.15) is 21.3 Å². The number of hydrogen-bond donors (Lipinski definition) is 0. The lowest BCUT2D eigenvalue weighted by Crippen LogP contribution is -2.02. The zero-order chi connectivity index (χ0) is 13.2. The maximum absolute atomic E-state index is 4.42. The molecule has 0 atom stereocenters. The maximum atomic E-state index is 4.42. The van der Waals surface area contributed by atoms with E-state index in [0.29, 0.717) is 0 Å². The monoisotopic (exact) mass is 339 g/mol. The number of halogens is 1. The van der Waals surface area contributed by atoms with E-state index >= 15 is 0 Å². The lowest BCUT2D eigenvalue weighted by Gasteiger charge is -2.06. The molecule has 0 saturated carbocycles. The Morgan fingerprint density at radius 2 is 2.11 bits per heavy atom. The molecule has 0 aliphatic carbocycles. The van der Waals surface area contributed by atoms with Gasteiger partial charge in [-0.15, -0.1) is 10.2 Å². The van der Waals surface area contributed by atoms with E-state index in [2.05, 4.69) is 40.7 Å². The third-order valence-electron chi connectivity index (χ3n) is 3.05. The van der Waals surface area contributed by atoms with Gasteiger partial charge in [0.15, 0.2) is 5.16 Å². The van der Waals surface area contributed by atoms with Crippen molar-refractivity contribution in [1.29, 1.82) is 0 Å². The Hall–Kier alpha value is -0.950. The second-order valence-corrected chi connectivity index (χ2v) is 6.34. The van der Waals surface area contributed by atoms with Gasteiger partial charge in [-0.2, -0.15) is 0 Å². The molecule has 0 saturated heterocycles. The van der Waals surface area contributed by atoms with Gasteiger partial charge in [-0.1, -0.05) is 6.42 Å². The van der Waals surface area contributed by atoms with E-state index in [4.69, 9.17) is 0 Å². The number of hydrogen-bond acceptors (Lipinski definition) is 5. The van der Waals surface area contributed by atoms with E-state index in [1.165, 1.54) is 19.3 Å². The zero-order valence-corrected chi connectivity index (χ0v) is 13.0. The topological polar surface area (TPSA) is 56.5 Å². The van der Waals surface area contributed by atoms with Crippen LogP contribution in [0.1, 0.15) is 30.9 Å². The lowest BCUT2D eigenvalue weighted by atomic mass is 10.2. The van der Waals surface area contributed by atoms with Gasteiger partial charge < -0.3 is 4.57 Å². The van der Waals surface area contributed by atoms with Crippen molar-refractivity contribution in [2.24, 2.45) is 0 Å². The summed E-state index contributed by atoms with van der Waals surface area (Å²) >= 11 is 4.95. The molecule has 5 nitrogen and oxygen atoms in total. The number of aryl methyl sites for hydroxylation is 2. The summed E-state index contributed by atoms with van der Waals surface area (Å²) in [7, 11) is 0. The van der Waals surface area contributed by atoms with Gasteiger partial charge in [-0.3, -0.25) is 0 Å². The highest BCUT2D eigenvalue weighted by atomic mass is 79.9. The molecule has 0 N–H and O–H groups in total. The molecule has 2 aromatic rings. The first-order valence-electron chi connectivity index (χ1n) is 6.33. The number of rotatable bonds is 2. The molecule has 0 amide bonds. The Balaban J connectivity index is 1.89. The summed E-state index contributed by atoms with van der Waals surface area (Å²) in [5.41, 5.74) is 0. The molecule has 0 unspecified atom stereocenters. The van der Waals surface area contributed by atoms with Crippen molar-refractivity contribution in [3.63, 3.8) is 0 Å². The fourth-order valence-corrected chi connectivity index (χ4v) is 3.73. The van der Waals surface area contributed by atoms with Crippen LogP contribution in [0.5, 0.6) is 0 Å². The average molecular weight is 340 g/mol. The van der Waals surface area contributed by atoms with Gasteiger partial charge >= 0.3 is 0 Å². The van der Waals surface area contributed by atoms with Crippen LogP contribution < -0.4 is 0 Å². The quantitative estimate of drug-likeness (QED) is 0.787. The summed E-state index contributed by atoms with van der Waals surface area (Å²) in [6, 6.07) is 1.91. The van der Waals surface area contributed by atoms with Crippen LogP contribution >= 0.6 is 27.7 Å². The second kappa shape index (κ2) is 5.58. The molecule has 0 fully saturated rings. The van der Waals surface area contributed by atoms with Crippen LogP contribution in [0.15, 0.2) is 20.9 Å². The Morgan fingerprint density at radius 1 is 1.21 bits per heavy atom. The summed E-state index contributed by atoms with van der Waals surface area (Å²) in [6.45, 7) is 2.90. The normalized spacial score (nSPS) is 15.1. The van der Waals surface area contributed by atoms with Crippen molar-refractivity contribution in [2.45, 2.75) is 49.3 Å². The highest BCUT2D eigenvalue weighted by Gasteiger charge is 2.16. The van der Waals surface area contributed by atoms with Crippen LogP contribution in [0.2, 0.25) is 0 Å². The van der Waals surface area contributed by atoms with E-state index < -0.39 is 0 Å². The Kier molecular flexibility index (Phi) is 3.83. The molecule has 3 heterocycles. The van der Waals surface area contributed by atoms with Gasteiger partial charge in [0.2, 0.25) is 0 Å². The van der Waals surface area contributed by atoms with E-state index in [0.717, 1.165) is 39.4 Å². The fourth-order valence-electron chi connectivity index (χ4n) is 2.19. The zero-order valence-electron chi connectivity index (χ0n) is 10.6. The van der Waals surface area contributed by atoms with E-state index in [1.807, 2.05) is 13.0 Å². The second-order valence-electron chi connectivity index (χ2n) is 4.54. The molecule has 7 heteroatoms. The molecule has 1 aliphatic heterocycles. The largest absolute Gasteiger partial charge is 0.306 e. The minimum absolute atomic E-state index is 0.757. The van der Waals surface area contributed by atoms with Crippen LogP contribution in [0.25, 0.3) is 0 Å². The van der Waals surface area contributed by atoms with Crippen molar-refractivity contribution in [3.05, 3.63) is 22.3 Å². The molecule has 19 heavy (non-hydrogen) atoms. The molecular formula is C12H14BrN5S. The molecule has 1 aliphatic rings. The third kappa shape index (κ3) is 2.97. The highest BCUT2D eigenvalue weighted by Crippen LogP contribution is 2.28. The Labute approximate surface area is 124 Å². The van der Waals surface area contributed by atoms with Crippen molar-refractivity contribution in [1.82, 2.24) is 24.7 Å². The maximum Gasteiger partial charge on any atom is 0.197 e. The van der Waals surface area contributed by atoms with Crippen LogP contribution in [-0.4, -0.2) is 24.7 Å². The van der Waals surface area contributed by atoms with Gasteiger partial charge in [-0.25, -0.2) is 9.97 Å². The van der Waals surface area contributed by atoms with Crippen molar-refractivity contribution < 1.29 is 0 Å². The summed E-state index contributed by atoms with van der Waals surface area (Å²) in [5, 5.41) is 10.4. The first-order valence-corrected chi connectivity index (χ1v) is 7.94. The molecule has 100 valence electrons. The van der Waals surface area contributed by atoms with Gasteiger partial charge in [-0.05, 0) is 47.5 Å². The van der Waals surface area contributed by atoms with Gasteiger partial charge in [0.05, 0.1) is 0 Å². The van der Waals surface area contributed by atoms with E-state index in [9.17, 15) is 0 Å². The minimum atomic E-state index is 0.757. The van der Waals surface area contributed by atoms with Crippen molar-refractivity contribution in [3.8, 4) is 0 Å². The molecule has 0 aromatic carbocycles. The van der Waals surface area contributed by atoms with Crippen LogP contribution in [0.4, 0.5) is 0 Å². The van der Waals surface area contributed by atoms with Crippen molar-refractivity contribution >= 4 is 27.7 Å². The first-order chi connectivity index (χ1) is 9.22. The number of aromatic nitrogens is 5. The first kappa shape index (κ1) is 13.1. The molecule has 2 aromatic heterocycles. The SMILES string of the molecule is Cc1nc(Br)cc(Sc2nnc3n2CCCCC3)n1. The number of fused-ring (bicyclic) bond motifs is 1. The standard InChI is InChI=1S/C12H14BrN5S/c1-8-14-9(13)7-11(15-8)19-12-17-16-10-5-3-2-4-6-18(10)12/h7H,2-6H2,1H3. The average Bonchev–Trinajstić information content (AvgIpc) is 2.59. The summed E-state index contributed by atoms with van der Waals surface area (Å²) in [6.07, 6.45) is 4.71. The third-order valence-corrected chi connectivity index (χ3v) is 4.36. The predicted octanol–water partition coefficient (Wildman–Crippen LogP) is 3.02.